The van der Waals surface area contributed by atoms with Gasteiger partial charge in [0.2, 0.25) is 0 Å². The smallest absolute Gasteiger partial charge is 0.307 e. The zero-order chi connectivity index (χ0) is 16.9. The summed E-state index contributed by atoms with van der Waals surface area (Å²) >= 11 is 2.40. The van der Waals surface area contributed by atoms with Gasteiger partial charge in [0.05, 0.1) is 5.69 Å². The molecule has 1 heterocycles. The third-order valence-corrected chi connectivity index (χ3v) is 4.72. The number of carbonyl (C=O) groups excluding carboxylic acids is 1. The first kappa shape index (κ1) is 16.4. The van der Waals surface area contributed by atoms with Crippen LogP contribution in [0.1, 0.15) is 0 Å². The molecular formula is C16H11F2N3OS2. The van der Waals surface area contributed by atoms with Crippen LogP contribution in [0.15, 0.2) is 63.8 Å². The van der Waals surface area contributed by atoms with Gasteiger partial charge in [0, 0.05) is 27.4 Å². The molecule has 0 fully saturated rings. The number of halogens is 2. The second kappa shape index (κ2) is 7.41. The maximum Gasteiger partial charge on any atom is 0.325 e. The number of carbonyl (C=O) groups is 1. The molecular weight excluding hydrogens is 352 g/mol. The Bertz CT molecular complexity index is 856. The molecule has 0 saturated carbocycles. The van der Waals surface area contributed by atoms with E-state index in [0.717, 1.165) is 17.8 Å². The number of hydrogen-bond acceptors (Lipinski definition) is 4. The molecule has 122 valence electrons. The molecule has 0 spiro atoms. The Hall–Kier alpha value is -2.45. The summed E-state index contributed by atoms with van der Waals surface area (Å²) in [6.07, 6.45) is 1.58. The monoisotopic (exact) mass is 363 g/mol. The molecule has 2 amide bonds. The van der Waals surface area contributed by atoms with E-state index in [4.69, 9.17) is 0 Å². The average molecular weight is 363 g/mol. The number of nitrogens with one attached hydrogen (secondary N) is 2. The van der Waals surface area contributed by atoms with Gasteiger partial charge in [-0.3, -0.25) is 5.32 Å². The molecule has 3 aromatic rings. The summed E-state index contributed by atoms with van der Waals surface area (Å²) in [6.45, 7) is 0. The van der Waals surface area contributed by atoms with E-state index in [0.29, 0.717) is 15.7 Å². The van der Waals surface area contributed by atoms with Crippen molar-refractivity contribution in [2.75, 3.05) is 10.6 Å². The Balaban J connectivity index is 1.76. The molecule has 2 aromatic carbocycles. The minimum Gasteiger partial charge on any atom is -0.307 e. The summed E-state index contributed by atoms with van der Waals surface area (Å²) < 4.78 is 26.8. The molecule has 0 radical (unpaired) electrons. The summed E-state index contributed by atoms with van der Waals surface area (Å²) in [5, 5.41) is 7.52. The lowest BCUT2D eigenvalue weighted by Gasteiger charge is -2.11. The van der Waals surface area contributed by atoms with Crippen molar-refractivity contribution in [1.82, 2.24) is 4.98 Å². The Labute approximate surface area is 144 Å². The Morgan fingerprint density at radius 3 is 2.67 bits per heavy atom. The fourth-order valence-electron chi connectivity index (χ4n) is 1.87. The van der Waals surface area contributed by atoms with Crippen LogP contribution < -0.4 is 10.6 Å². The molecule has 8 heteroatoms. The molecule has 3 rings (SSSR count). The molecule has 0 bridgehead atoms. The zero-order valence-corrected chi connectivity index (χ0v) is 13.8. The lowest BCUT2D eigenvalue weighted by atomic mass is 10.3. The molecule has 24 heavy (non-hydrogen) atoms. The van der Waals surface area contributed by atoms with E-state index in [2.05, 4.69) is 15.6 Å². The SMILES string of the molecule is O=C(Nc1nccs1)Nc1ccccc1Sc1ccc(F)cc1F. The number of thiazole rings is 1. The van der Waals surface area contributed by atoms with Crippen molar-refractivity contribution < 1.29 is 13.6 Å². The van der Waals surface area contributed by atoms with Crippen molar-refractivity contribution in [2.24, 2.45) is 0 Å². The number of anilines is 2. The van der Waals surface area contributed by atoms with Gasteiger partial charge < -0.3 is 5.32 Å². The molecule has 1 aromatic heterocycles. The lowest BCUT2D eigenvalue weighted by Crippen LogP contribution is -2.19. The minimum absolute atomic E-state index is 0.269. The summed E-state index contributed by atoms with van der Waals surface area (Å²) in [5.41, 5.74) is 0.514. The first-order valence-corrected chi connectivity index (χ1v) is 8.51. The Morgan fingerprint density at radius 1 is 1.08 bits per heavy atom. The first-order valence-electron chi connectivity index (χ1n) is 6.81. The van der Waals surface area contributed by atoms with E-state index in [1.165, 1.54) is 23.5 Å². The summed E-state index contributed by atoms with van der Waals surface area (Å²) in [5.74, 6) is -1.28. The van der Waals surface area contributed by atoms with Crippen LogP contribution in [-0.4, -0.2) is 11.0 Å². The fraction of sp³-hybridized carbons (Fsp3) is 0. The van der Waals surface area contributed by atoms with Crippen molar-refractivity contribution in [2.45, 2.75) is 9.79 Å². The van der Waals surface area contributed by atoms with Gasteiger partial charge in [-0.1, -0.05) is 23.9 Å². The maximum atomic E-state index is 13.8. The number of nitrogens with zero attached hydrogens (tertiary/aromatic N) is 1. The zero-order valence-electron chi connectivity index (χ0n) is 12.1. The number of urea groups is 1. The van der Waals surface area contributed by atoms with E-state index in [1.807, 2.05) is 0 Å². The largest absolute Gasteiger partial charge is 0.325 e. The number of para-hydroxylation sites is 1. The van der Waals surface area contributed by atoms with Crippen LogP contribution in [0, 0.1) is 11.6 Å². The van der Waals surface area contributed by atoms with E-state index >= 15 is 0 Å². The topological polar surface area (TPSA) is 54.0 Å². The van der Waals surface area contributed by atoms with Gasteiger partial charge in [0.15, 0.2) is 5.13 Å². The normalized spacial score (nSPS) is 10.4. The van der Waals surface area contributed by atoms with Crippen LogP contribution in [0.2, 0.25) is 0 Å². The van der Waals surface area contributed by atoms with Crippen molar-refractivity contribution in [3.05, 3.63) is 65.7 Å². The number of hydrogen-bond donors (Lipinski definition) is 2. The second-order valence-corrected chi connectivity index (χ2v) is 6.57. The highest BCUT2D eigenvalue weighted by molar-refractivity contribution is 7.99. The summed E-state index contributed by atoms with van der Waals surface area (Å²) in [4.78, 5) is 16.9. The van der Waals surface area contributed by atoms with Gasteiger partial charge in [-0.25, -0.2) is 18.6 Å². The Kier molecular flexibility index (Phi) is 5.07. The van der Waals surface area contributed by atoms with Crippen LogP contribution in [0.5, 0.6) is 0 Å². The first-order chi connectivity index (χ1) is 11.6. The van der Waals surface area contributed by atoms with Gasteiger partial charge in [-0.05, 0) is 24.3 Å². The van der Waals surface area contributed by atoms with Gasteiger partial charge in [0.1, 0.15) is 11.6 Å². The predicted molar refractivity (Wildman–Crippen MR) is 91.7 cm³/mol. The average Bonchev–Trinajstić information content (AvgIpc) is 3.04. The van der Waals surface area contributed by atoms with Gasteiger partial charge in [0.25, 0.3) is 0 Å². The van der Waals surface area contributed by atoms with Crippen molar-refractivity contribution in [3.63, 3.8) is 0 Å². The summed E-state index contributed by atoms with van der Waals surface area (Å²) in [6, 6.07) is 9.90. The van der Waals surface area contributed by atoms with E-state index in [1.54, 1.807) is 35.8 Å². The van der Waals surface area contributed by atoms with Crippen molar-refractivity contribution in [3.8, 4) is 0 Å². The van der Waals surface area contributed by atoms with E-state index in [-0.39, 0.29) is 4.90 Å². The van der Waals surface area contributed by atoms with Crippen molar-refractivity contribution >= 4 is 39.9 Å². The summed E-state index contributed by atoms with van der Waals surface area (Å²) in [7, 11) is 0. The van der Waals surface area contributed by atoms with Gasteiger partial charge in [-0.2, -0.15) is 0 Å². The lowest BCUT2D eigenvalue weighted by molar-refractivity contribution is 0.262. The minimum atomic E-state index is -0.651. The number of rotatable bonds is 4. The number of amides is 2. The standard InChI is InChI=1S/C16H11F2N3OS2/c17-10-5-6-13(11(18)9-10)24-14-4-2-1-3-12(14)20-15(22)21-16-19-7-8-23-16/h1-9H,(H2,19,20,21,22). The third kappa shape index (κ3) is 4.09. The fourth-order valence-corrected chi connectivity index (χ4v) is 3.30. The molecule has 0 saturated heterocycles. The van der Waals surface area contributed by atoms with Crippen LogP contribution in [0.25, 0.3) is 0 Å². The highest BCUT2D eigenvalue weighted by atomic mass is 32.2. The molecule has 4 nitrogen and oxygen atoms in total. The van der Waals surface area contributed by atoms with Crippen molar-refractivity contribution in [1.29, 1.82) is 0 Å². The predicted octanol–water partition coefficient (Wildman–Crippen LogP) is 5.22. The molecule has 0 aliphatic carbocycles. The quantitative estimate of drug-likeness (QED) is 0.668. The van der Waals surface area contributed by atoms with Crippen LogP contribution >= 0.6 is 23.1 Å². The number of benzene rings is 2. The van der Waals surface area contributed by atoms with E-state index < -0.39 is 17.7 Å². The Morgan fingerprint density at radius 2 is 1.92 bits per heavy atom. The molecule has 0 atom stereocenters. The second-order valence-electron chi connectivity index (χ2n) is 4.59. The highest BCUT2D eigenvalue weighted by Crippen LogP contribution is 2.35. The van der Waals surface area contributed by atoms with Crippen LogP contribution in [0.4, 0.5) is 24.4 Å². The number of aromatic nitrogens is 1. The van der Waals surface area contributed by atoms with Gasteiger partial charge in [-0.15, -0.1) is 11.3 Å². The maximum absolute atomic E-state index is 13.8. The van der Waals surface area contributed by atoms with Crippen LogP contribution in [-0.2, 0) is 0 Å². The van der Waals surface area contributed by atoms with Crippen LogP contribution in [0.3, 0.4) is 0 Å². The molecule has 2 N–H and O–H groups in total. The molecule has 0 unspecified atom stereocenters. The van der Waals surface area contributed by atoms with E-state index in [9.17, 15) is 13.6 Å². The molecule has 0 aliphatic rings. The molecule has 0 aliphatic heterocycles. The van der Waals surface area contributed by atoms with Gasteiger partial charge >= 0.3 is 6.03 Å². The highest BCUT2D eigenvalue weighted by Gasteiger charge is 2.11. The third-order valence-electron chi connectivity index (χ3n) is 2.90.